The van der Waals surface area contributed by atoms with E-state index in [0.29, 0.717) is 11.8 Å². The second kappa shape index (κ2) is 5.63. The van der Waals surface area contributed by atoms with Crippen LogP contribution in [-0.2, 0) is 6.54 Å². The first-order valence-electron chi connectivity index (χ1n) is 6.97. The van der Waals surface area contributed by atoms with Crippen LogP contribution in [-0.4, -0.2) is 6.04 Å². The minimum Gasteiger partial charge on any atom is -0.457 e. The van der Waals surface area contributed by atoms with Gasteiger partial charge in [-0.1, -0.05) is 6.07 Å². The maximum absolute atomic E-state index is 12.8. The zero-order valence-corrected chi connectivity index (χ0v) is 11.5. The molecule has 0 bridgehead atoms. The first-order chi connectivity index (χ1) is 9.70. The molecule has 0 heterocycles. The molecule has 0 amide bonds. The van der Waals surface area contributed by atoms with Gasteiger partial charge in [0.15, 0.2) is 0 Å². The molecule has 0 spiro atoms. The molecule has 104 valence electrons. The summed E-state index contributed by atoms with van der Waals surface area (Å²) in [6, 6.07) is 12.8. The van der Waals surface area contributed by atoms with Crippen molar-refractivity contribution in [2.45, 2.75) is 32.4 Å². The molecule has 1 aliphatic carbocycles. The van der Waals surface area contributed by atoms with Crippen molar-refractivity contribution in [2.75, 3.05) is 0 Å². The molecule has 0 unspecified atom stereocenters. The quantitative estimate of drug-likeness (QED) is 0.881. The number of hydrogen-bond acceptors (Lipinski definition) is 2. The lowest BCUT2D eigenvalue weighted by Crippen LogP contribution is -2.15. The van der Waals surface area contributed by atoms with Gasteiger partial charge in [0.2, 0.25) is 0 Å². The number of nitrogens with one attached hydrogen (secondary N) is 1. The monoisotopic (exact) mass is 271 g/mol. The van der Waals surface area contributed by atoms with Gasteiger partial charge in [0.25, 0.3) is 0 Å². The largest absolute Gasteiger partial charge is 0.457 e. The van der Waals surface area contributed by atoms with E-state index in [1.54, 1.807) is 12.1 Å². The number of hydrogen-bond donors (Lipinski definition) is 1. The molecule has 1 N–H and O–H groups in total. The molecule has 3 heteroatoms. The van der Waals surface area contributed by atoms with E-state index < -0.39 is 0 Å². The number of rotatable bonds is 5. The van der Waals surface area contributed by atoms with Crippen LogP contribution < -0.4 is 10.1 Å². The molecule has 0 radical (unpaired) electrons. The van der Waals surface area contributed by atoms with Crippen LogP contribution >= 0.6 is 0 Å². The van der Waals surface area contributed by atoms with Crippen molar-refractivity contribution in [3.63, 3.8) is 0 Å². The molecule has 0 atom stereocenters. The molecular weight excluding hydrogens is 253 g/mol. The van der Waals surface area contributed by atoms with Crippen LogP contribution in [0.3, 0.4) is 0 Å². The number of halogens is 1. The van der Waals surface area contributed by atoms with Crippen LogP contribution in [0.15, 0.2) is 42.5 Å². The van der Waals surface area contributed by atoms with E-state index in [9.17, 15) is 4.39 Å². The van der Waals surface area contributed by atoms with Gasteiger partial charge in [-0.05, 0) is 67.3 Å². The summed E-state index contributed by atoms with van der Waals surface area (Å²) >= 11 is 0. The second-order valence-corrected chi connectivity index (χ2v) is 5.30. The van der Waals surface area contributed by atoms with Crippen LogP contribution in [0.25, 0.3) is 0 Å². The number of ether oxygens (including phenoxy) is 1. The fourth-order valence-electron chi connectivity index (χ4n) is 2.11. The van der Waals surface area contributed by atoms with Crippen molar-refractivity contribution < 1.29 is 9.13 Å². The summed E-state index contributed by atoms with van der Waals surface area (Å²) in [6.07, 6.45) is 2.59. The molecule has 20 heavy (non-hydrogen) atoms. The Balaban J connectivity index is 1.67. The fourth-order valence-corrected chi connectivity index (χ4v) is 2.11. The van der Waals surface area contributed by atoms with E-state index in [-0.39, 0.29) is 5.82 Å². The van der Waals surface area contributed by atoms with Crippen LogP contribution in [0.5, 0.6) is 11.5 Å². The lowest BCUT2D eigenvalue weighted by atomic mass is 10.1. The summed E-state index contributed by atoms with van der Waals surface area (Å²) in [4.78, 5) is 0. The summed E-state index contributed by atoms with van der Waals surface area (Å²) in [6.45, 7) is 2.99. The topological polar surface area (TPSA) is 21.3 Å². The predicted octanol–water partition coefficient (Wildman–Crippen LogP) is 4.18. The molecule has 3 rings (SSSR count). The smallest absolute Gasteiger partial charge is 0.127 e. The van der Waals surface area contributed by atoms with Gasteiger partial charge in [-0.25, -0.2) is 4.39 Å². The summed E-state index contributed by atoms with van der Waals surface area (Å²) < 4.78 is 18.6. The molecule has 0 aromatic heterocycles. The first kappa shape index (κ1) is 13.1. The molecule has 0 aliphatic heterocycles. The molecule has 2 aromatic rings. The van der Waals surface area contributed by atoms with E-state index in [0.717, 1.165) is 12.3 Å². The normalized spacial score (nSPS) is 14.3. The highest BCUT2D eigenvalue weighted by molar-refractivity contribution is 5.38. The van der Waals surface area contributed by atoms with Crippen LogP contribution in [0, 0.1) is 12.7 Å². The molecule has 1 saturated carbocycles. The Bertz CT molecular complexity index is 590. The Morgan fingerprint density at radius 2 is 1.80 bits per heavy atom. The molecule has 2 nitrogen and oxygen atoms in total. The average Bonchev–Trinajstić information content (AvgIpc) is 3.25. The molecule has 2 aromatic carbocycles. The van der Waals surface area contributed by atoms with Crippen LogP contribution in [0.2, 0.25) is 0 Å². The van der Waals surface area contributed by atoms with E-state index in [1.165, 1.54) is 36.1 Å². The van der Waals surface area contributed by atoms with E-state index >= 15 is 0 Å². The van der Waals surface area contributed by atoms with Gasteiger partial charge in [-0.2, -0.15) is 0 Å². The molecule has 1 fully saturated rings. The molecule has 1 aliphatic rings. The number of benzene rings is 2. The van der Waals surface area contributed by atoms with E-state index in [1.807, 2.05) is 12.1 Å². The van der Waals surface area contributed by atoms with Gasteiger partial charge in [-0.3, -0.25) is 0 Å². The standard InChI is InChI=1S/C17H18FNO/c1-12-10-17(20-16-8-3-14(18)4-9-16)7-2-13(12)11-19-15-5-6-15/h2-4,7-10,15,19H,5-6,11H2,1H3. The van der Waals surface area contributed by atoms with Gasteiger partial charge >= 0.3 is 0 Å². The Hall–Kier alpha value is -1.87. The van der Waals surface area contributed by atoms with Crippen molar-refractivity contribution in [3.8, 4) is 11.5 Å². The Labute approximate surface area is 118 Å². The van der Waals surface area contributed by atoms with Crippen LogP contribution in [0.1, 0.15) is 24.0 Å². The third kappa shape index (κ3) is 3.36. The van der Waals surface area contributed by atoms with Gasteiger partial charge in [0.1, 0.15) is 17.3 Å². The lowest BCUT2D eigenvalue weighted by molar-refractivity contribution is 0.479. The maximum atomic E-state index is 12.8. The predicted molar refractivity (Wildman–Crippen MR) is 77.5 cm³/mol. The highest BCUT2D eigenvalue weighted by atomic mass is 19.1. The van der Waals surface area contributed by atoms with Crippen molar-refractivity contribution in [1.82, 2.24) is 5.32 Å². The zero-order valence-electron chi connectivity index (χ0n) is 11.5. The number of aryl methyl sites for hydroxylation is 1. The highest BCUT2D eigenvalue weighted by Crippen LogP contribution is 2.25. The second-order valence-electron chi connectivity index (χ2n) is 5.30. The first-order valence-corrected chi connectivity index (χ1v) is 6.97. The van der Waals surface area contributed by atoms with Crippen molar-refractivity contribution in [2.24, 2.45) is 0 Å². The summed E-state index contributed by atoms with van der Waals surface area (Å²) in [7, 11) is 0. The van der Waals surface area contributed by atoms with Crippen LogP contribution in [0.4, 0.5) is 4.39 Å². The molecular formula is C17H18FNO. The van der Waals surface area contributed by atoms with Crippen molar-refractivity contribution in [3.05, 3.63) is 59.4 Å². The summed E-state index contributed by atoms with van der Waals surface area (Å²) in [5.41, 5.74) is 2.50. The third-order valence-electron chi connectivity index (χ3n) is 3.52. The Morgan fingerprint density at radius 3 is 2.45 bits per heavy atom. The molecule has 0 saturated heterocycles. The Kier molecular flexibility index (Phi) is 3.70. The summed E-state index contributed by atoms with van der Waals surface area (Å²) in [5.74, 6) is 1.17. The third-order valence-corrected chi connectivity index (χ3v) is 3.52. The fraction of sp³-hybridized carbons (Fsp3) is 0.294. The van der Waals surface area contributed by atoms with E-state index in [2.05, 4.69) is 18.3 Å². The minimum atomic E-state index is -0.255. The minimum absolute atomic E-state index is 0.255. The summed E-state index contributed by atoms with van der Waals surface area (Å²) in [5, 5.41) is 3.51. The van der Waals surface area contributed by atoms with Crippen molar-refractivity contribution >= 4 is 0 Å². The van der Waals surface area contributed by atoms with Gasteiger partial charge in [0, 0.05) is 12.6 Å². The lowest BCUT2D eigenvalue weighted by Gasteiger charge is -2.10. The maximum Gasteiger partial charge on any atom is 0.127 e. The van der Waals surface area contributed by atoms with Gasteiger partial charge < -0.3 is 10.1 Å². The van der Waals surface area contributed by atoms with E-state index in [4.69, 9.17) is 4.74 Å². The van der Waals surface area contributed by atoms with Gasteiger partial charge in [0.05, 0.1) is 0 Å². The highest BCUT2D eigenvalue weighted by Gasteiger charge is 2.20. The average molecular weight is 271 g/mol. The Morgan fingerprint density at radius 1 is 1.10 bits per heavy atom. The van der Waals surface area contributed by atoms with Gasteiger partial charge in [-0.15, -0.1) is 0 Å². The van der Waals surface area contributed by atoms with Crippen molar-refractivity contribution in [1.29, 1.82) is 0 Å². The zero-order chi connectivity index (χ0) is 13.9. The SMILES string of the molecule is Cc1cc(Oc2ccc(F)cc2)ccc1CNC1CC1.